The van der Waals surface area contributed by atoms with Gasteiger partial charge in [-0.3, -0.25) is 9.59 Å². The third-order valence-corrected chi connectivity index (χ3v) is 2.06. The minimum atomic E-state index is -0.830. The largest absolute Gasteiger partial charge is 0.389 e. The zero-order valence-corrected chi connectivity index (χ0v) is 9.72. The van der Waals surface area contributed by atoms with Crippen molar-refractivity contribution in [3.63, 3.8) is 0 Å². The first kappa shape index (κ1) is 14.4. The van der Waals surface area contributed by atoms with Gasteiger partial charge in [0.15, 0.2) is 0 Å². The molecule has 0 aliphatic carbocycles. The van der Waals surface area contributed by atoms with Crippen molar-refractivity contribution in [2.75, 3.05) is 13.1 Å². The Labute approximate surface area is 95.6 Å². The summed E-state index contributed by atoms with van der Waals surface area (Å²) in [4.78, 5) is 24.7. The summed E-state index contributed by atoms with van der Waals surface area (Å²) < 4.78 is 0. The van der Waals surface area contributed by atoms with Gasteiger partial charge >= 0.3 is 0 Å². The van der Waals surface area contributed by atoms with E-state index in [1.807, 2.05) is 0 Å². The SMILES string of the molecule is C=CN(CC(O)CN(C=C)C(C)=O)C(C)=O. The van der Waals surface area contributed by atoms with Crippen LogP contribution in [0.1, 0.15) is 13.8 Å². The van der Waals surface area contributed by atoms with E-state index in [2.05, 4.69) is 13.2 Å². The molecule has 0 heterocycles. The fourth-order valence-electron chi connectivity index (χ4n) is 1.18. The summed E-state index contributed by atoms with van der Waals surface area (Å²) in [5.74, 6) is -0.413. The number of carbonyl (C=O) groups is 2. The zero-order valence-electron chi connectivity index (χ0n) is 9.72. The number of aliphatic hydroxyl groups excluding tert-OH is 1. The zero-order chi connectivity index (χ0) is 12.7. The molecular formula is C11H18N2O3. The molecule has 0 saturated heterocycles. The molecule has 5 nitrogen and oxygen atoms in total. The third-order valence-electron chi connectivity index (χ3n) is 2.06. The number of aliphatic hydroxyl groups is 1. The topological polar surface area (TPSA) is 60.9 Å². The van der Waals surface area contributed by atoms with E-state index >= 15 is 0 Å². The summed E-state index contributed by atoms with van der Waals surface area (Å²) in [7, 11) is 0. The molecule has 0 aliphatic rings. The first-order chi connectivity index (χ1) is 7.42. The summed E-state index contributed by atoms with van der Waals surface area (Å²) in [6.45, 7) is 9.90. The minimum absolute atomic E-state index is 0.108. The summed E-state index contributed by atoms with van der Waals surface area (Å²) in [6, 6.07) is 0. The van der Waals surface area contributed by atoms with Crippen LogP contribution in [-0.2, 0) is 9.59 Å². The second kappa shape index (κ2) is 6.79. The van der Waals surface area contributed by atoms with E-state index < -0.39 is 6.10 Å². The van der Waals surface area contributed by atoms with Gasteiger partial charge in [0.2, 0.25) is 11.8 Å². The van der Waals surface area contributed by atoms with E-state index in [1.54, 1.807) is 0 Å². The van der Waals surface area contributed by atoms with Crippen LogP contribution in [0.4, 0.5) is 0 Å². The Morgan fingerprint density at radius 1 is 1.12 bits per heavy atom. The van der Waals surface area contributed by atoms with Gasteiger partial charge in [0, 0.05) is 13.8 Å². The fourth-order valence-corrected chi connectivity index (χ4v) is 1.18. The van der Waals surface area contributed by atoms with Crippen LogP contribution < -0.4 is 0 Å². The smallest absolute Gasteiger partial charge is 0.223 e. The van der Waals surface area contributed by atoms with Crippen LogP contribution >= 0.6 is 0 Å². The standard InChI is InChI=1S/C11H18N2O3/c1-5-12(9(3)14)7-11(16)8-13(6-2)10(4)15/h5-6,11,16H,1-2,7-8H2,3-4H3. The number of carbonyl (C=O) groups excluding carboxylic acids is 2. The van der Waals surface area contributed by atoms with Gasteiger partial charge in [-0.1, -0.05) is 13.2 Å². The van der Waals surface area contributed by atoms with Crippen LogP contribution in [0.15, 0.2) is 25.6 Å². The van der Waals surface area contributed by atoms with E-state index in [0.29, 0.717) is 0 Å². The van der Waals surface area contributed by atoms with Crippen molar-refractivity contribution in [1.82, 2.24) is 9.80 Å². The van der Waals surface area contributed by atoms with Crippen LogP contribution in [0.5, 0.6) is 0 Å². The van der Waals surface area contributed by atoms with Gasteiger partial charge in [-0.2, -0.15) is 0 Å². The van der Waals surface area contributed by atoms with Crippen molar-refractivity contribution in [3.8, 4) is 0 Å². The van der Waals surface area contributed by atoms with Crippen molar-refractivity contribution in [1.29, 1.82) is 0 Å². The van der Waals surface area contributed by atoms with E-state index in [-0.39, 0.29) is 24.9 Å². The Kier molecular flexibility index (Phi) is 6.10. The van der Waals surface area contributed by atoms with E-state index in [1.165, 1.54) is 36.0 Å². The number of hydrogen-bond acceptors (Lipinski definition) is 3. The molecule has 1 N–H and O–H groups in total. The lowest BCUT2D eigenvalue weighted by molar-refractivity contribution is -0.128. The molecule has 0 aromatic rings. The predicted molar refractivity (Wildman–Crippen MR) is 61.2 cm³/mol. The van der Waals surface area contributed by atoms with E-state index in [9.17, 15) is 14.7 Å². The maximum Gasteiger partial charge on any atom is 0.223 e. The van der Waals surface area contributed by atoms with Gasteiger partial charge in [-0.15, -0.1) is 0 Å². The number of amides is 2. The molecule has 0 aromatic carbocycles. The minimum Gasteiger partial charge on any atom is -0.389 e. The lowest BCUT2D eigenvalue weighted by Gasteiger charge is -2.24. The Morgan fingerprint density at radius 2 is 1.44 bits per heavy atom. The predicted octanol–water partition coefficient (Wildman–Crippen LogP) is 0.331. The first-order valence-electron chi connectivity index (χ1n) is 4.90. The molecule has 0 spiro atoms. The van der Waals surface area contributed by atoms with Gasteiger partial charge < -0.3 is 14.9 Å². The quantitative estimate of drug-likeness (QED) is 0.710. The van der Waals surface area contributed by atoms with Crippen molar-refractivity contribution in [2.24, 2.45) is 0 Å². The highest BCUT2D eigenvalue weighted by Crippen LogP contribution is 1.99. The van der Waals surface area contributed by atoms with Gasteiger partial charge in [0.05, 0.1) is 19.2 Å². The van der Waals surface area contributed by atoms with Crippen LogP contribution in [0.25, 0.3) is 0 Å². The molecule has 0 rings (SSSR count). The van der Waals surface area contributed by atoms with E-state index in [4.69, 9.17) is 0 Å². The average Bonchev–Trinajstić information content (AvgIpc) is 2.21. The summed E-state index contributed by atoms with van der Waals surface area (Å²) in [5.41, 5.74) is 0. The lowest BCUT2D eigenvalue weighted by atomic mass is 10.3. The highest BCUT2D eigenvalue weighted by molar-refractivity contribution is 5.75. The molecule has 0 atom stereocenters. The molecule has 5 heteroatoms. The van der Waals surface area contributed by atoms with Crippen molar-refractivity contribution in [3.05, 3.63) is 25.6 Å². The molecule has 0 aliphatic heterocycles. The Morgan fingerprint density at radius 3 is 1.62 bits per heavy atom. The van der Waals surface area contributed by atoms with Crippen LogP contribution in [0.2, 0.25) is 0 Å². The Bertz CT molecular complexity index is 261. The lowest BCUT2D eigenvalue weighted by Crippen LogP contribution is -2.39. The highest BCUT2D eigenvalue weighted by Gasteiger charge is 2.15. The molecule has 0 unspecified atom stereocenters. The van der Waals surface area contributed by atoms with Crippen LogP contribution in [0.3, 0.4) is 0 Å². The molecule has 2 amide bonds. The Hall–Kier alpha value is -1.62. The molecule has 0 radical (unpaired) electrons. The van der Waals surface area contributed by atoms with Crippen LogP contribution in [0, 0.1) is 0 Å². The van der Waals surface area contributed by atoms with Crippen LogP contribution in [-0.4, -0.2) is 45.9 Å². The van der Waals surface area contributed by atoms with Crippen molar-refractivity contribution < 1.29 is 14.7 Å². The normalized spacial score (nSPS) is 9.75. The van der Waals surface area contributed by atoms with Gasteiger partial charge in [-0.05, 0) is 12.4 Å². The second-order valence-corrected chi connectivity index (χ2v) is 3.36. The maximum absolute atomic E-state index is 11.0. The molecule has 0 bridgehead atoms. The van der Waals surface area contributed by atoms with Gasteiger partial charge in [-0.25, -0.2) is 0 Å². The van der Waals surface area contributed by atoms with Crippen molar-refractivity contribution in [2.45, 2.75) is 20.0 Å². The van der Waals surface area contributed by atoms with Gasteiger partial charge in [0.25, 0.3) is 0 Å². The highest BCUT2D eigenvalue weighted by atomic mass is 16.3. The van der Waals surface area contributed by atoms with Crippen molar-refractivity contribution >= 4 is 11.8 Å². The maximum atomic E-state index is 11.0. The number of rotatable bonds is 6. The molecular weight excluding hydrogens is 208 g/mol. The molecule has 0 saturated carbocycles. The average molecular weight is 226 g/mol. The van der Waals surface area contributed by atoms with E-state index in [0.717, 1.165) is 0 Å². The summed E-state index contributed by atoms with van der Waals surface area (Å²) >= 11 is 0. The fraction of sp³-hybridized carbons (Fsp3) is 0.455. The number of nitrogens with zero attached hydrogens (tertiary/aromatic N) is 2. The monoisotopic (exact) mass is 226 g/mol. The molecule has 0 aromatic heterocycles. The third kappa shape index (κ3) is 4.75. The second-order valence-electron chi connectivity index (χ2n) is 3.36. The van der Waals surface area contributed by atoms with Gasteiger partial charge in [0.1, 0.15) is 0 Å². The Balaban J connectivity index is 4.30. The molecule has 0 fully saturated rings. The summed E-state index contributed by atoms with van der Waals surface area (Å²) in [6.07, 6.45) is 1.86. The summed E-state index contributed by atoms with van der Waals surface area (Å²) in [5, 5.41) is 9.67. The molecule has 16 heavy (non-hydrogen) atoms. The first-order valence-corrected chi connectivity index (χ1v) is 4.90. The molecule has 90 valence electrons. The number of hydrogen-bond donors (Lipinski definition) is 1.